The number of rotatable bonds is 3. The molecule has 0 spiro atoms. The van der Waals surface area contributed by atoms with Gasteiger partial charge in [-0.25, -0.2) is 19.9 Å². The van der Waals surface area contributed by atoms with Crippen LogP contribution in [-0.4, -0.2) is 29.9 Å². The molecule has 2 N–H and O–H groups in total. The van der Waals surface area contributed by atoms with Crippen LogP contribution in [0.25, 0.3) is 78.0 Å². The van der Waals surface area contributed by atoms with E-state index < -0.39 is 0 Å². The zero-order chi connectivity index (χ0) is 25.1. The Labute approximate surface area is 217 Å². The summed E-state index contributed by atoms with van der Waals surface area (Å²) in [5.74, 6) is 1.62. The van der Waals surface area contributed by atoms with E-state index in [-0.39, 0.29) is 0 Å². The number of H-pyrrole nitrogens is 2. The topological polar surface area (TPSA) is 83.1 Å². The van der Waals surface area contributed by atoms with Gasteiger partial charge in [0.15, 0.2) is 0 Å². The van der Waals surface area contributed by atoms with Gasteiger partial charge in [-0.2, -0.15) is 0 Å². The molecule has 0 unspecified atom stereocenters. The SMILES string of the molecule is c1ccc2[nH]c(-c3cc(-c4cc(-c5nc6ccccc6[nH]5)c5ccccc5n4)nc4ccccc34)nc2c1. The van der Waals surface area contributed by atoms with E-state index in [1.54, 1.807) is 0 Å². The molecular formula is C32H20N6. The fraction of sp³-hybridized carbons (Fsp3) is 0. The lowest BCUT2D eigenvalue weighted by atomic mass is 10.0. The summed E-state index contributed by atoms with van der Waals surface area (Å²) >= 11 is 0. The van der Waals surface area contributed by atoms with Crippen molar-refractivity contribution in [2.45, 2.75) is 0 Å². The van der Waals surface area contributed by atoms with Gasteiger partial charge in [-0.15, -0.1) is 0 Å². The van der Waals surface area contributed by atoms with Crippen molar-refractivity contribution >= 4 is 43.9 Å². The van der Waals surface area contributed by atoms with Crippen molar-refractivity contribution < 1.29 is 0 Å². The molecule has 38 heavy (non-hydrogen) atoms. The summed E-state index contributed by atoms with van der Waals surface area (Å²) < 4.78 is 0. The molecule has 0 radical (unpaired) electrons. The van der Waals surface area contributed by atoms with E-state index in [9.17, 15) is 0 Å². The first-order chi connectivity index (χ1) is 18.8. The van der Waals surface area contributed by atoms with Gasteiger partial charge in [0.1, 0.15) is 11.6 Å². The Morgan fingerprint density at radius 1 is 0.395 bits per heavy atom. The third-order valence-corrected chi connectivity index (χ3v) is 6.98. The molecule has 6 nitrogen and oxygen atoms in total. The largest absolute Gasteiger partial charge is 0.338 e. The number of nitrogens with one attached hydrogen (secondary N) is 2. The lowest BCUT2D eigenvalue weighted by molar-refractivity contribution is 1.28. The first kappa shape index (κ1) is 20.8. The van der Waals surface area contributed by atoms with Gasteiger partial charge in [-0.05, 0) is 48.5 Å². The summed E-state index contributed by atoms with van der Waals surface area (Å²) in [6.07, 6.45) is 0. The Bertz CT molecular complexity index is 1930. The standard InChI is InChI=1S/C32H20N6/c1-3-11-23-19(9-1)21(31-35-25-13-5-6-14-26(25)36-31)17-29(33-23)30-18-22(20-10-2-4-12-24(20)34-30)32-37-27-15-7-8-16-28(27)38-32/h1-18H,(H,35,36)(H,37,38). The first-order valence-electron chi connectivity index (χ1n) is 12.5. The maximum atomic E-state index is 5.04. The highest BCUT2D eigenvalue weighted by molar-refractivity contribution is 5.99. The van der Waals surface area contributed by atoms with E-state index in [1.165, 1.54) is 0 Å². The molecule has 4 heterocycles. The van der Waals surface area contributed by atoms with Gasteiger partial charge in [-0.1, -0.05) is 60.7 Å². The first-order valence-corrected chi connectivity index (χ1v) is 12.5. The summed E-state index contributed by atoms with van der Waals surface area (Å²) in [6, 6.07) is 36.6. The number of para-hydroxylation sites is 6. The van der Waals surface area contributed by atoms with Crippen LogP contribution in [0.1, 0.15) is 0 Å². The number of aromatic nitrogens is 6. The Morgan fingerprint density at radius 3 is 1.24 bits per heavy atom. The van der Waals surface area contributed by atoms with E-state index in [0.29, 0.717) is 0 Å². The Morgan fingerprint density at radius 2 is 0.789 bits per heavy atom. The highest BCUT2D eigenvalue weighted by Gasteiger charge is 2.17. The number of aromatic amines is 2. The highest BCUT2D eigenvalue weighted by Crippen LogP contribution is 2.35. The molecule has 0 aliphatic carbocycles. The molecule has 0 bridgehead atoms. The second-order valence-electron chi connectivity index (χ2n) is 9.35. The minimum Gasteiger partial charge on any atom is -0.338 e. The normalized spacial score (nSPS) is 11.7. The van der Waals surface area contributed by atoms with Gasteiger partial charge in [0.25, 0.3) is 0 Å². The molecule has 6 heteroatoms. The summed E-state index contributed by atoms with van der Waals surface area (Å²) in [7, 11) is 0. The number of hydrogen-bond acceptors (Lipinski definition) is 4. The smallest absolute Gasteiger partial charge is 0.139 e. The summed E-state index contributed by atoms with van der Waals surface area (Å²) in [5.41, 5.74) is 9.18. The Hall–Kier alpha value is -5.36. The van der Waals surface area contributed by atoms with Gasteiger partial charge in [0.2, 0.25) is 0 Å². The Kier molecular flexibility index (Phi) is 4.42. The number of hydrogen-bond donors (Lipinski definition) is 2. The van der Waals surface area contributed by atoms with Gasteiger partial charge in [-0.3, -0.25) is 0 Å². The minimum atomic E-state index is 0.780. The quantitative estimate of drug-likeness (QED) is 0.269. The van der Waals surface area contributed by atoms with E-state index >= 15 is 0 Å². The second-order valence-corrected chi connectivity index (χ2v) is 9.35. The minimum absolute atomic E-state index is 0.780. The van der Waals surface area contributed by atoms with Crippen LogP contribution < -0.4 is 0 Å². The van der Waals surface area contributed by atoms with Crippen LogP contribution in [-0.2, 0) is 0 Å². The van der Waals surface area contributed by atoms with Crippen LogP contribution in [0, 0.1) is 0 Å². The molecule has 0 atom stereocenters. The van der Waals surface area contributed by atoms with E-state index in [4.69, 9.17) is 19.9 Å². The molecule has 0 amide bonds. The van der Waals surface area contributed by atoms with Crippen LogP contribution in [0.4, 0.5) is 0 Å². The van der Waals surface area contributed by atoms with Crippen molar-refractivity contribution in [2.75, 3.05) is 0 Å². The van der Waals surface area contributed by atoms with Crippen LogP contribution in [0.3, 0.4) is 0 Å². The molecule has 4 aromatic carbocycles. The number of fused-ring (bicyclic) bond motifs is 4. The third-order valence-electron chi connectivity index (χ3n) is 6.98. The average molecular weight is 489 g/mol. The predicted molar refractivity (Wildman–Crippen MR) is 153 cm³/mol. The van der Waals surface area contributed by atoms with Crippen LogP contribution >= 0.6 is 0 Å². The molecule has 8 aromatic rings. The maximum absolute atomic E-state index is 5.04. The molecule has 0 saturated heterocycles. The average Bonchev–Trinajstić information content (AvgIpc) is 3.60. The number of pyridine rings is 2. The van der Waals surface area contributed by atoms with Crippen molar-refractivity contribution in [2.24, 2.45) is 0 Å². The lowest BCUT2D eigenvalue weighted by Gasteiger charge is -2.11. The molecule has 4 aromatic heterocycles. The third kappa shape index (κ3) is 3.28. The molecule has 8 rings (SSSR count). The predicted octanol–water partition coefficient (Wildman–Crippen LogP) is 7.54. The van der Waals surface area contributed by atoms with Crippen molar-refractivity contribution in [1.82, 2.24) is 29.9 Å². The molecule has 178 valence electrons. The fourth-order valence-corrected chi connectivity index (χ4v) is 5.17. The van der Waals surface area contributed by atoms with E-state index in [1.807, 2.05) is 84.9 Å². The number of nitrogens with zero attached hydrogens (tertiary/aromatic N) is 4. The van der Waals surface area contributed by atoms with Crippen molar-refractivity contribution in [3.05, 3.63) is 109 Å². The lowest BCUT2D eigenvalue weighted by Crippen LogP contribution is -1.95. The van der Waals surface area contributed by atoms with Gasteiger partial charge in [0, 0.05) is 21.9 Å². The monoisotopic (exact) mass is 488 g/mol. The summed E-state index contributed by atoms with van der Waals surface area (Å²) in [5, 5.41) is 2.07. The van der Waals surface area contributed by atoms with Gasteiger partial charge >= 0.3 is 0 Å². The van der Waals surface area contributed by atoms with Crippen LogP contribution in [0.2, 0.25) is 0 Å². The Balaban J connectivity index is 1.38. The summed E-state index contributed by atoms with van der Waals surface area (Å²) in [4.78, 5) is 26.8. The van der Waals surface area contributed by atoms with Crippen LogP contribution in [0.15, 0.2) is 109 Å². The van der Waals surface area contributed by atoms with Crippen molar-refractivity contribution in [3.8, 4) is 34.2 Å². The maximum Gasteiger partial charge on any atom is 0.139 e. The van der Waals surface area contributed by atoms with Crippen LogP contribution in [0.5, 0.6) is 0 Å². The number of imidazole rings is 2. The number of benzene rings is 4. The molecule has 0 aliphatic heterocycles. The van der Waals surface area contributed by atoms with E-state index in [0.717, 1.165) is 78.0 Å². The van der Waals surface area contributed by atoms with Gasteiger partial charge < -0.3 is 9.97 Å². The second kappa shape index (κ2) is 8.08. The fourth-order valence-electron chi connectivity index (χ4n) is 5.17. The zero-order valence-corrected chi connectivity index (χ0v) is 20.2. The highest BCUT2D eigenvalue weighted by atomic mass is 14.9. The van der Waals surface area contributed by atoms with Crippen molar-refractivity contribution in [1.29, 1.82) is 0 Å². The van der Waals surface area contributed by atoms with E-state index in [2.05, 4.69) is 34.2 Å². The molecule has 0 aliphatic rings. The van der Waals surface area contributed by atoms with Gasteiger partial charge in [0.05, 0.1) is 44.5 Å². The molecular weight excluding hydrogens is 468 g/mol. The summed E-state index contributed by atoms with van der Waals surface area (Å²) in [6.45, 7) is 0. The van der Waals surface area contributed by atoms with Crippen molar-refractivity contribution in [3.63, 3.8) is 0 Å². The zero-order valence-electron chi connectivity index (χ0n) is 20.2. The molecule has 0 fully saturated rings. The molecule has 0 saturated carbocycles.